The Kier molecular flexibility index (Phi) is 4.83. The van der Waals surface area contributed by atoms with E-state index in [1.54, 1.807) is 6.07 Å². The molecule has 5 nitrogen and oxygen atoms in total. The van der Waals surface area contributed by atoms with E-state index < -0.39 is 5.97 Å². The van der Waals surface area contributed by atoms with E-state index in [0.29, 0.717) is 11.5 Å². The maximum absolute atomic E-state index is 11.3. The summed E-state index contributed by atoms with van der Waals surface area (Å²) < 4.78 is 15.9. The van der Waals surface area contributed by atoms with Crippen LogP contribution in [0, 0.1) is 0 Å². The van der Waals surface area contributed by atoms with Gasteiger partial charge in [-0.1, -0.05) is 0 Å². The molecule has 21 heavy (non-hydrogen) atoms. The molecule has 114 valence electrons. The smallest absolute Gasteiger partial charge is 0.308 e. The van der Waals surface area contributed by atoms with Crippen LogP contribution in [0.5, 0.6) is 11.5 Å². The van der Waals surface area contributed by atoms with Crippen molar-refractivity contribution in [3.8, 4) is 11.5 Å². The molecule has 0 saturated heterocycles. The number of carbonyl (C=O) groups is 2. The highest BCUT2D eigenvalue weighted by Gasteiger charge is 2.24. The molecule has 1 unspecified atom stereocenters. The van der Waals surface area contributed by atoms with Crippen LogP contribution in [0.4, 0.5) is 0 Å². The Labute approximate surface area is 124 Å². The first-order chi connectivity index (χ1) is 10.0. The Bertz CT molecular complexity index is 550. The van der Waals surface area contributed by atoms with Gasteiger partial charge in [-0.15, -0.1) is 0 Å². The minimum absolute atomic E-state index is 0.291. The summed E-state index contributed by atoms with van der Waals surface area (Å²) in [5, 5.41) is 0. The molecular weight excluding hydrogens is 272 g/mol. The molecule has 0 heterocycles. The van der Waals surface area contributed by atoms with Gasteiger partial charge in [-0.3, -0.25) is 9.59 Å². The molecule has 0 aliphatic heterocycles. The normalized spacial score (nSPS) is 17.4. The van der Waals surface area contributed by atoms with Crippen molar-refractivity contribution in [3.05, 3.63) is 23.3 Å². The molecular formula is C16H20O5. The van der Waals surface area contributed by atoms with E-state index in [4.69, 9.17) is 14.2 Å². The Morgan fingerprint density at radius 3 is 2.48 bits per heavy atom. The third-order valence-electron chi connectivity index (χ3n) is 3.50. The van der Waals surface area contributed by atoms with Gasteiger partial charge in [0.05, 0.1) is 7.11 Å². The van der Waals surface area contributed by atoms with Crippen LogP contribution in [-0.2, 0) is 20.7 Å². The predicted molar refractivity (Wildman–Crippen MR) is 76.4 cm³/mol. The zero-order valence-corrected chi connectivity index (χ0v) is 12.6. The largest absolute Gasteiger partial charge is 0.493 e. The number of fused-ring (bicyclic) bond motifs is 1. The number of carbonyl (C=O) groups excluding carboxylic acids is 2. The van der Waals surface area contributed by atoms with Crippen LogP contribution < -0.4 is 9.47 Å². The Hall–Kier alpha value is -2.04. The molecule has 0 amide bonds. The molecule has 0 saturated carbocycles. The number of hydrogen-bond acceptors (Lipinski definition) is 5. The summed E-state index contributed by atoms with van der Waals surface area (Å²) >= 11 is 0. The molecule has 1 aromatic rings. The van der Waals surface area contributed by atoms with Gasteiger partial charge >= 0.3 is 11.9 Å². The quantitative estimate of drug-likeness (QED) is 0.487. The molecule has 0 aromatic heterocycles. The van der Waals surface area contributed by atoms with E-state index in [2.05, 4.69) is 0 Å². The van der Waals surface area contributed by atoms with Crippen molar-refractivity contribution in [2.75, 3.05) is 7.11 Å². The number of rotatable bonds is 3. The SMILES string of the molecule is COc1cc2c(cc1OC(C)=O)C(OC(C)=O)CCCC2. The molecule has 1 aliphatic rings. The topological polar surface area (TPSA) is 61.8 Å². The van der Waals surface area contributed by atoms with Crippen LogP contribution in [0.15, 0.2) is 12.1 Å². The number of hydrogen-bond donors (Lipinski definition) is 0. The van der Waals surface area contributed by atoms with Gasteiger partial charge < -0.3 is 14.2 Å². The number of ether oxygens (including phenoxy) is 3. The van der Waals surface area contributed by atoms with Crippen molar-refractivity contribution in [1.29, 1.82) is 0 Å². The second kappa shape index (κ2) is 6.61. The van der Waals surface area contributed by atoms with Gasteiger partial charge in [0.15, 0.2) is 11.5 Å². The van der Waals surface area contributed by atoms with Gasteiger partial charge in [0.1, 0.15) is 6.10 Å². The number of benzene rings is 1. The minimum Gasteiger partial charge on any atom is -0.493 e. The summed E-state index contributed by atoms with van der Waals surface area (Å²) in [6.07, 6.45) is 3.39. The van der Waals surface area contributed by atoms with Gasteiger partial charge in [0.25, 0.3) is 0 Å². The molecule has 0 bridgehead atoms. The zero-order chi connectivity index (χ0) is 15.4. The molecule has 0 N–H and O–H groups in total. The molecule has 0 fully saturated rings. The van der Waals surface area contributed by atoms with Crippen molar-refractivity contribution in [2.45, 2.75) is 45.6 Å². The molecule has 5 heteroatoms. The summed E-state index contributed by atoms with van der Waals surface area (Å²) in [5.41, 5.74) is 1.98. The summed E-state index contributed by atoms with van der Waals surface area (Å²) in [6.45, 7) is 2.75. The van der Waals surface area contributed by atoms with Crippen molar-refractivity contribution in [2.24, 2.45) is 0 Å². The molecule has 1 atom stereocenters. The average molecular weight is 292 g/mol. The Balaban J connectivity index is 2.45. The lowest BCUT2D eigenvalue weighted by Crippen LogP contribution is -2.11. The molecule has 0 radical (unpaired) electrons. The van der Waals surface area contributed by atoms with Crippen molar-refractivity contribution in [1.82, 2.24) is 0 Å². The summed E-state index contributed by atoms with van der Waals surface area (Å²) in [4.78, 5) is 22.5. The molecule has 1 aliphatic carbocycles. The lowest BCUT2D eigenvalue weighted by molar-refractivity contribution is -0.147. The van der Waals surface area contributed by atoms with E-state index in [1.807, 2.05) is 6.07 Å². The predicted octanol–water partition coefficient (Wildman–Crippen LogP) is 2.95. The van der Waals surface area contributed by atoms with E-state index in [1.165, 1.54) is 21.0 Å². The van der Waals surface area contributed by atoms with Crippen LogP contribution in [-0.4, -0.2) is 19.0 Å². The summed E-state index contributed by atoms with van der Waals surface area (Å²) in [7, 11) is 1.54. The van der Waals surface area contributed by atoms with Crippen LogP contribution in [0.2, 0.25) is 0 Å². The van der Waals surface area contributed by atoms with E-state index in [-0.39, 0.29) is 12.1 Å². The number of methoxy groups -OCH3 is 1. The van der Waals surface area contributed by atoms with Crippen molar-refractivity contribution < 1.29 is 23.8 Å². The fourth-order valence-electron chi connectivity index (χ4n) is 2.65. The summed E-state index contributed by atoms with van der Waals surface area (Å²) in [6, 6.07) is 3.63. The standard InChI is InChI=1S/C16H20O5/c1-10(17)20-14-7-5-4-6-12-8-15(19-3)16(9-13(12)14)21-11(2)18/h8-9,14H,4-7H2,1-3H3. The lowest BCUT2D eigenvalue weighted by Gasteiger charge is -2.19. The van der Waals surface area contributed by atoms with Crippen molar-refractivity contribution in [3.63, 3.8) is 0 Å². The Morgan fingerprint density at radius 2 is 1.86 bits per heavy atom. The first-order valence-corrected chi connectivity index (χ1v) is 7.07. The number of esters is 2. The Morgan fingerprint density at radius 1 is 1.10 bits per heavy atom. The second-order valence-electron chi connectivity index (χ2n) is 5.14. The molecule has 1 aromatic carbocycles. The molecule has 2 rings (SSSR count). The number of aryl methyl sites for hydroxylation is 1. The average Bonchev–Trinajstić information content (AvgIpc) is 2.59. The maximum atomic E-state index is 11.3. The maximum Gasteiger partial charge on any atom is 0.308 e. The van der Waals surface area contributed by atoms with Gasteiger partial charge in [-0.2, -0.15) is 0 Å². The fourth-order valence-corrected chi connectivity index (χ4v) is 2.65. The second-order valence-corrected chi connectivity index (χ2v) is 5.14. The van der Waals surface area contributed by atoms with Crippen LogP contribution >= 0.6 is 0 Å². The first kappa shape index (κ1) is 15.4. The van der Waals surface area contributed by atoms with Crippen molar-refractivity contribution >= 4 is 11.9 Å². The van der Waals surface area contributed by atoms with Gasteiger partial charge in [-0.05, 0) is 48.9 Å². The minimum atomic E-state index is -0.411. The fraction of sp³-hybridized carbons (Fsp3) is 0.500. The molecule has 0 spiro atoms. The van der Waals surface area contributed by atoms with E-state index in [0.717, 1.165) is 36.8 Å². The van der Waals surface area contributed by atoms with Crippen LogP contribution in [0.3, 0.4) is 0 Å². The van der Waals surface area contributed by atoms with E-state index in [9.17, 15) is 9.59 Å². The monoisotopic (exact) mass is 292 g/mol. The third kappa shape index (κ3) is 3.74. The highest BCUT2D eigenvalue weighted by Crippen LogP contribution is 2.39. The highest BCUT2D eigenvalue weighted by atomic mass is 16.6. The van der Waals surface area contributed by atoms with Gasteiger partial charge in [0.2, 0.25) is 0 Å². The first-order valence-electron chi connectivity index (χ1n) is 7.07. The zero-order valence-electron chi connectivity index (χ0n) is 12.6. The highest BCUT2D eigenvalue weighted by molar-refractivity contribution is 5.71. The van der Waals surface area contributed by atoms with Crippen LogP contribution in [0.25, 0.3) is 0 Å². The van der Waals surface area contributed by atoms with Crippen LogP contribution in [0.1, 0.15) is 50.3 Å². The van der Waals surface area contributed by atoms with Gasteiger partial charge in [0, 0.05) is 13.8 Å². The summed E-state index contributed by atoms with van der Waals surface area (Å²) in [5.74, 6) is 0.166. The van der Waals surface area contributed by atoms with Gasteiger partial charge in [-0.25, -0.2) is 0 Å². The third-order valence-corrected chi connectivity index (χ3v) is 3.50. The lowest BCUT2D eigenvalue weighted by atomic mass is 10.00. The van der Waals surface area contributed by atoms with E-state index >= 15 is 0 Å².